The molecule has 4 nitrogen and oxygen atoms in total. The summed E-state index contributed by atoms with van der Waals surface area (Å²) in [5.41, 5.74) is -0.0772. The van der Waals surface area contributed by atoms with Crippen molar-refractivity contribution in [2.75, 3.05) is 6.54 Å². The third kappa shape index (κ3) is 3.59. The van der Waals surface area contributed by atoms with E-state index in [-0.39, 0.29) is 30.7 Å². The van der Waals surface area contributed by atoms with Gasteiger partial charge in [0, 0.05) is 13.0 Å². The molecule has 1 aliphatic rings. The van der Waals surface area contributed by atoms with Crippen LogP contribution in [0.5, 0.6) is 0 Å². The van der Waals surface area contributed by atoms with Crippen LogP contribution < -0.4 is 0 Å². The van der Waals surface area contributed by atoms with E-state index in [0.29, 0.717) is 12.0 Å². The van der Waals surface area contributed by atoms with Crippen molar-refractivity contribution in [2.24, 2.45) is 5.41 Å². The molecule has 0 spiro atoms. The van der Waals surface area contributed by atoms with Gasteiger partial charge in [-0.3, -0.25) is 4.79 Å². The van der Waals surface area contributed by atoms with Crippen molar-refractivity contribution in [3.8, 4) is 6.07 Å². The van der Waals surface area contributed by atoms with Gasteiger partial charge in [0.1, 0.15) is 5.82 Å². The number of nitriles is 1. The lowest BCUT2D eigenvalue weighted by molar-refractivity contribution is -0.133. The number of hydrogen-bond acceptors (Lipinski definition) is 3. The van der Waals surface area contributed by atoms with Crippen molar-refractivity contribution in [1.82, 2.24) is 4.90 Å². The molecule has 2 rings (SSSR count). The second kappa shape index (κ2) is 5.82. The van der Waals surface area contributed by atoms with Gasteiger partial charge in [-0.1, -0.05) is 12.1 Å². The molecule has 1 amide bonds. The minimum Gasteiger partial charge on any atom is -0.391 e. The van der Waals surface area contributed by atoms with Crippen molar-refractivity contribution >= 4 is 5.91 Å². The number of halogens is 1. The number of amides is 1. The van der Waals surface area contributed by atoms with E-state index in [1.54, 1.807) is 30.9 Å². The number of rotatable bonds is 3. The predicted molar refractivity (Wildman–Crippen MR) is 75.5 cm³/mol. The number of likely N-dealkylation sites (tertiary alicyclic amines) is 1. The lowest BCUT2D eigenvalue weighted by Gasteiger charge is -2.27. The maximum Gasteiger partial charge on any atom is 0.224 e. The van der Waals surface area contributed by atoms with Gasteiger partial charge >= 0.3 is 0 Å². The Morgan fingerprint density at radius 1 is 1.57 bits per heavy atom. The predicted octanol–water partition coefficient (Wildman–Crippen LogP) is 2.40. The Bertz CT molecular complexity index is 580. The van der Waals surface area contributed by atoms with E-state index in [1.807, 2.05) is 0 Å². The zero-order valence-corrected chi connectivity index (χ0v) is 12.2. The third-order valence-electron chi connectivity index (χ3n) is 3.73. The summed E-state index contributed by atoms with van der Waals surface area (Å²) in [7, 11) is 0. The molecular formula is C16H19FN2O2. The molecule has 1 aromatic rings. The highest BCUT2D eigenvalue weighted by Gasteiger charge is 2.37. The number of aliphatic hydroxyl groups is 1. The van der Waals surface area contributed by atoms with E-state index < -0.39 is 11.5 Å². The van der Waals surface area contributed by atoms with Crippen LogP contribution in [0.2, 0.25) is 0 Å². The van der Waals surface area contributed by atoms with Crippen molar-refractivity contribution in [3.63, 3.8) is 0 Å². The van der Waals surface area contributed by atoms with Crippen molar-refractivity contribution in [3.05, 3.63) is 35.6 Å². The molecule has 0 aliphatic carbocycles. The molecule has 0 saturated carbocycles. The normalized spacial score (nSPS) is 22.1. The van der Waals surface area contributed by atoms with Gasteiger partial charge < -0.3 is 10.0 Å². The van der Waals surface area contributed by atoms with Crippen LogP contribution in [0.25, 0.3) is 0 Å². The molecule has 112 valence electrons. The number of hydrogen-bond donors (Lipinski definition) is 1. The smallest absolute Gasteiger partial charge is 0.224 e. The summed E-state index contributed by atoms with van der Waals surface area (Å²) in [5, 5.41) is 18.9. The zero-order valence-electron chi connectivity index (χ0n) is 12.2. The molecule has 1 N–H and O–H groups in total. The first kappa shape index (κ1) is 15.5. The number of benzene rings is 1. The molecule has 0 bridgehead atoms. The van der Waals surface area contributed by atoms with Crippen LogP contribution in [0.3, 0.4) is 0 Å². The van der Waals surface area contributed by atoms with Crippen LogP contribution >= 0.6 is 0 Å². The highest BCUT2D eigenvalue weighted by atomic mass is 19.1. The summed E-state index contributed by atoms with van der Waals surface area (Å²) in [4.78, 5) is 14.0. The number of nitrogens with zero attached hydrogens (tertiary/aromatic N) is 2. The number of carbonyl (C=O) groups is 1. The molecule has 5 heteroatoms. The summed E-state index contributed by atoms with van der Waals surface area (Å²) in [6, 6.07) is 7.85. The topological polar surface area (TPSA) is 64.3 Å². The van der Waals surface area contributed by atoms with Crippen molar-refractivity contribution < 1.29 is 14.3 Å². The van der Waals surface area contributed by atoms with Crippen molar-refractivity contribution in [1.29, 1.82) is 5.26 Å². The van der Waals surface area contributed by atoms with E-state index in [9.17, 15) is 14.3 Å². The highest BCUT2D eigenvalue weighted by Crippen LogP contribution is 2.34. The molecule has 0 aromatic heterocycles. The molecule has 1 heterocycles. The molecule has 0 unspecified atom stereocenters. The van der Waals surface area contributed by atoms with E-state index >= 15 is 0 Å². The van der Waals surface area contributed by atoms with E-state index in [0.717, 1.165) is 0 Å². The fraction of sp³-hybridized carbons (Fsp3) is 0.500. The summed E-state index contributed by atoms with van der Waals surface area (Å²) >= 11 is 0. The first-order chi connectivity index (χ1) is 9.82. The summed E-state index contributed by atoms with van der Waals surface area (Å²) in [5.74, 6) is -0.550. The Morgan fingerprint density at radius 2 is 2.29 bits per heavy atom. The number of aliphatic hydroxyl groups excluding tert-OH is 1. The van der Waals surface area contributed by atoms with Gasteiger partial charge in [-0.25, -0.2) is 4.39 Å². The Kier molecular flexibility index (Phi) is 4.29. The van der Waals surface area contributed by atoms with Gasteiger partial charge in [-0.05, 0) is 38.0 Å². The Hall–Kier alpha value is -1.93. The molecule has 1 aromatic carbocycles. The maximum atomic E-state index is 13.4. The Labute approximate surface area is 123 Å². The lowest BCUT2D eigenvalue weighted by Crippen LogP contribution is -2.34. The standard InChI is InChI=1S/C16H19FN2O2/c1-16(2,10-18)8-15(21)19-9-13(20)7-14(19)11-4-3-5-12(17)6-11/h3-6,13-14,20H,7-9H2,1-2H3/t13-,14+/m0/s1. The third-order valence-corrected chi connectivity index (χ3v) is 3.73. The summed E-state index contributed by atoms with van der Waals surface area (Å²) in [6.07, 6.45) is -0.142. The number of β-amino-alcohol motifs (C(OH)–C–C–N with tert-alkyl or cyclic N) is 1. The van der Waals surface area contributed by atoms with Gasteiger partial charge in [0.15, 0.2) is 0 Å². The molecule has 21 heavy (non-hydrogen) atoms. The van der Waals surface area contributed by atoms with Gasteiger partial charge in [0.2, 0.25) is 5.91 Å². The fourth-order valence-electron chi connectivity index (χ4n) is 2.64. The van der Waals surface area contributed by atoms with Gasteiger partial charge in [0.25, 0.3) is 0 Å². The maximum absolute atomic E-state index is 13.4. The van der Waals surface area contributed by atoms with E-state index in [1.165, 1.54) is 12.1 Å². The quantitative estimate of drug-likeness (QED) is 0.929. The largest absolute Gasteiger partial charge is 0.391 e. The van der Waals surface area contributed by atoms with Crippen LogP contribution in [0.4, 0.5) is 4.39 Å². The van der Waals surface area contributed by atoms with Crippen LogP contribution in [-0.2, 0) is 4.79 Å². The number of carbonyl (C=O) groups excluding carboxylic acids is 1. The molecule has 1 aliphatic heterocycles. The average molecular weight is 290 g/mol. The molecule has 2 atom stereocenters. The van der Waals surface area contributed by atoms with Gasteiger partial charge in [0.05, 0.1) is 23.6 Å². The summed E-state index contributed by atoms with van der Waals surface area (Å²) < 4.78 is 13.4. The Morgan fingerprint density at radius 3 is 2.90 bits per heavy atom. The average Bonchev–Trinajstić information content (AvgIpc) is 2.80. The zero-order chi connectivity index (χ0) is 15.6. The minimum atomic E-state index is -0.753. The lowest BCUT2D eigenvalue weighted by atomic mass is 9.90. The highest BCUT2D eigenvalue weighted by molar-refractivity contribution is 5.78. The van der Waals surface area contributed by atoms with Crippen LogP contribution in [0, 0.1) is 22.6 Å². The molecular weight excluding hydrogens is 271 g/mol. The molecule has 0 radical (unpaired) electrons. The van der Waals surface area contributed by atoms with Gasteiger partial charge in [-0.15, -0.1) is 0 Å². The van der Waals surface area contributed by atoms with Crippen LogP contribution in [0.1, 0.15) is 38.3 Å². The summed E-state index contributed by atoms with van der Waals surface area (Å²) in [6.45, 7) is 3.63. The monoisotopic (exact) mass is 290 g/mol. The van der Waals surface area contributed by atoms with E-state index in [4.69, 9.17) is 5.26 Å². The first-order valence-corrected chi connectivity index (χ1v) is 6.96. The Balaban J connectivity index is 2.21. The molecule has 1 saturated heterocycles. The minimum absolute atomic E-state index is 0.0854. The SMILES string of the molecule is CC(C)(C#N)CC(=O)N1C[C@@H](O)C[C@@H]1c1cccc(F)c1. The second-order valence-corrected chi connectivity index (χ2v) is 6.18. The van der Waals surface area contributed by atoms with Crippen LogP contribution in [0.15, 0.2) is 24.3 Å². The van der Waals surface area contributed by atoms with E-state index in [2.05, 4.69) is 6.07 Å². The molecule has 1 fully saturated rings. The van der Waals surface area contributed by atoms with Crippen LogP contribution in [-0.4, -0.2) is 28.6 Å². The van der Waals surface area contributed by atoms with Gasteiger partial charge in [-0.2, -0.15) is 5.26 Å². The fourth-order valence-corrected chi connectivity index (χ4v) is 2.64. The van der Waals surface area contributed by atoms with Crippen molar-refractivity contribution in [2.45, 2.75) is 38.8 Å². The second-order valence-electron chi connectivity index (χ2n) is 6.18. The first-order valence-electron chi connectivity index (χ1n) is 6.96.